The van der Waals surface area contributed by atoms with Gasteiger partial charge < -0.3 is 15.2 Å². The van der Waals surface area contributed by atoms with E-state index in [0.29, 0.717) is 0 Å². The Hall–Kier alpha value is -2.09. The average Bonchev–Trinajstić information content (AvgIpc) is 2.37. The molecule has 1 rings (SSSR count). The van der Waals surface area contributed by atoms with E-state index < -0.39 is 35.2 Å². The first-order valence-electron chi connectivity index (χ1n) is 5.30. The molecule has 1 heterocycles. The normalized spacial score (nSPS) is 11.9. The molecular weight excluding hydrogens is 262 g/mol. The summed E-state index contributed by atoms with van der Waals surface area (Å²) >= 11 is 0. The van der Waals surface area contributed by atoms with Crippen molar-refractivity contribution in [1.82, 2.24) is 10.3 Å². The number of hydrogen-bond donors (Lipinski definition) is 2. The smallest absolute Gasteiger partial charge is 0.326 e. The second kappa shape index (κ2) is 6.74. The van der Waals surface area contributed by atoms with Gasteiger partial charge in [-0.2, -0.15) is 4.39 Å². The molecule has 0 aromatic carbocycles. The minimum atomic E-state index is -1.42. The molecule has 1 amide bonds. The van der Waals surface area contributed by atoms with E-state index >= 15 is 0 Å². The van der Waals surface area contributed by atoms with Gasteiger partial charge in [-0.15, -0.1) is 0 Å². The number of ether oxygens (including phenoxy) is 1. The first-order valence-corrected chi connectivity index (χ1v) is 5.30. The maximum absolute atomic E-state index is 13.3. The summed E-state index contributed by atoms with van der Waals surface area (Å²) in [5, 5.41) is 11.0. The standard InChI is InChI=1S/C11H12F2N2O4/c1-19-5-3-7(11(17)18)15-10(16)6-2-4-14-9(13)8(6)12/h2,4,7H,3,5H2,1H3,(H,15,16)(H,17,18). The fourth-order valence-corrected chi connectivity index (χ4v) is 1.32. The van der Waals surface area contributed by atoms with Crippen LogP contribution in [0.3, 0.4) is 0 Å². The number of aromatic nitrogens is 1. The maximum atomic E-state index is 13.3. The van der Waals surface area contributed by atoms with Gasteiger partial charge in [-0.05, 0) is 6.07 Å². The number of hydrogen-bond acceptors (Lipinski definition) is 4. The number of carbonyl (C=O) groups excluding carboxylic acids is 1. The second-order valence-electron chi connectivity index (χ2n) is 3.61. The van der Waals surface area contributed by atoms with Crippen LogP contribution in [0.25, 0.3) is 0 Å². The highest BCUT2D eigenvalue weighted by molar-refractivity contribution is 5.96. The zero-order valence-electron chi connectivity index (χ0n) is 10.0. The van der Waals surface area contributed by atoms with E-state index in [2.05, 4.69) is 10.3 Å². The second-order valence-corrected chi connectivity index (χ2v) is 3.61. The number of amides is 1. The minimum absolute atomic E-state index is 0.00670. The molecule has 0 saturated carbocycles. The predicted molar refractivity (Wildman–Crippen MR) is 59.5 cm³/mol. The van der Waals surface area contributed by atoms with Gasteiger partial charge in [0.05, 0.1) is 5.56 Å². The lowest BCUT2D eigenvalue weighted by Gasteiger charge is -2.14. The van der Waals surface area contributed by atoms with Gasteiger partial charge in [0.2, 0.25) is 5.95 Å². The van der Waals surface area contributed by atoms with Crippen LogP contribution in [-0.2, 0) is 9.53 Å². The van der Waals surface area contributed by atoms with E-state index in [4.69, 9.17) is 9.84 Å². The Bertz CT molecular complexity index is 482. The minimum Gasteiger partial charge on any atom is -0.480 e. The fraction of sp³-hybridized carbons (Fsp3) is 0.364. The molecule has 1 unspecified atom stereocenters. The molecule has 1 atom stereocenters. The average molecular weight is 274 g/mol. The van der Waals surface area contributed by atoms with Gasteiger partial charge in [0, 0.05) is 26.3 Å². The summed E-state index contributed by atoms with van der Waals surface area (Å²) in [6.45, 7) is 0.102. The van der Waals surface area contributed by atoms with Crippen molar-refractivity contribution in [2.45, 2.75) is 12.5 Å². The van der Waals surface area contributed by atoms with E-state index in [1.54, 1.807) is 0 Å². The van der Waals surface area contributed by atoms with Gasteiger partial charge in [-0.1, -0.05) is 0 Å². The number of rotatable bonds is 6. The molecule has 0 aliphatic heterocycles. The molecule has 6 nitrogen and oxygen atoms in total. The zero-order valence-corrected chi connectivity index (χ0v) is 10.0. The summed E-state index contributed by atoms with van der Waals surface area (Å²) in [4.78, 5) is 25.5. The molecule has 0 fully saturated rings. The van der Waals surface area contributed by atoms with E-state index in [-0.39, 0.29) is 13.0 Å². The number of pyridine rings is 1. The lowest BCUT2D eigenvalue weighted by atomic mass is 10.2. The first kappa shape index (κ1) is 15.0. The van der Waals surface area contributed by atoms with Gasteiger partial charge in [0.1, 0.15) is 6.04 Å². The van der Waals surface area contributed by atoms with E-state index in [9.17, 15) is 18.4 Å². The molecule has 8 heteroatoms. The number of carboxylic acid groups (broad SMARTS) is 1. The summed E-state index contributed by atoms with van der Waals surface area (Å²) < 4.78 is 30.8. The van der Waals surface area contributed by atoms with Crippen molar-refractivity contribution in [3.05, 3.63) is 29.6 Å². The Morgan fingerprint density at radius 2 is 2.21 bits per heavy atom. The number of nitrogens with zero attached hydrogens (tertiary/aromatic N) is 1. The summed E-state index contributed by atoms with van der Waals surface area (Å²) in [6, 6.07) is -0.286. The van der Waals surface area contributed by atoms with Crippen molar-refractivity contribution in [1.29, 1.82) is 0 Å². The van der Waals surface area contributed by atoms with Crippen molar-refractivity contribution >= 4 is 11.9 Å². The number of aliphatic carboxylic acids is 1. The van der Waals surface area contributed by atoms with Crippen LogP contribution in [-0.4, -0.2) is 41.7 Å². The van der Waals surface area contributed by atoms with Gasteiger partial charge >= 0.3 is 5.97 Å². The molecular formula is C11H12F2N2O4. The van der Waals surface area contributed by atoms with E-state index in [1.807, 2.05) is 0 Å². The molecule has 0 radical (unpaired) electrons. The molecule has 0 aliphatic carbocycles. The number of methoxy groups -OCH3 is 1. The Labute approximate surface area is 107 Å². The van der Waals surface area contributed by atoms with Crippen LogP contribution >= 0.6 is 0 Å². The Kier molecular flexibility index (Phi) is 5.31. The van der Waals surface area contributed by atoms with Crippen molar-refractivity contribution in [3.63, 3.8) is 0 Å². The Balaban J connectivity index is 2.82. The molecule has 2 N–H and O–H groups in total. The zero-order chi connectivity index (χ0) is 14.4. The van der Waals surface area contributed by atoms with Crippen molar-refractivity contribution in [3.8, 4) is 0 Å². The number of halogens is 2. The van der Waals surface area contributed by atoms with Crippen LogP contribution in [0.4, 0.5) is 8.78 Å². The molecule has 0 bridgehead atoms. The summed E-state index contributed by atoms with van der Waals surface area (Å²) in [7, 11) is 1.37. The molecule has 0 saturated heterocycles. The molecule has 104 valence electrons. The fourth-order valence-electron chi connectivity index (χ4n) is 1.32. The SMILES string of the molecule is COCCC(NC(=O)c1ccnc(F)c1F)C(=O)O. The highest BCUT2D eigenvalue weighted by Crippen LogP contribution is 2.09. The third kappa shape index (κ3) is 3.95. The topological polar surface area (TPSA) is 88.5 Å². The Morgan fingerprint density at radius 3 is 2.79 bits per heavy atom. The summed E-state index contributed by atoms with van der Waals surface area (Å²) in [6.07, 6.45) is 0.922. The van der Waals surface area contributed by atoms with Gasteiger partial charge in [0.15, 0.2) is 5.82 Å². The van der Waals surface area contributed by atoms with Gasteiger partial charge in [-0.25, -0.2) is 14.2 Å². The van der Waals surface area contributed by atoms with Crippen molar-refractivity contribution < 1.29 is 28.2 Å². The highest BCUT2D eigenvalue weighted by atomic mass is 19.2. The van der Waals surface area contributed by atoms with Crippen LogP contribution in [0.15, 0.2) is 12.3 Å². The van der Waals surface area contributed by atoms with E-state index in [0.717, 1.165) is 12.3 Å². The molecule has 0 aliphatic rings. The highest BCUT2D eigenvalue weighted by Gasteiger charge is 2.23. The maximum Gasteiger partial charge on any atom is 0.326 e. The summed E-state index contributed by atoms with van der Waals surface area (Å²) in [5.41, 5.74) is -0.601. The van der Waals surface area contributed by atoms with Crippen molar-refractivity contribution in [2.75, 3.05) is 13.7 Å². The summed E-state index contributed by atoms with van der Waals surface area (Å²) in [5.74, 6) is -5.16. The van der Waals surface area contributed by atoms with Crippen LogP contribution in [0, 0.1) is 11.8 Å². The molecule has 19 heavy (non-hydrogen) atoms. The van der Waals surface area contributed by atoms with Gasteiger partial charge in [-0.3, -0.25) is 4.79 Å². The van der Waals surface area contributed by atoms with Crippen LogP contribution < -0.4 is 5.32 Å². The monoisotopic (exact) mass is 274 g/mol. The lowest BCUT2D eigenvalue weighted by Crippen LogP contribution is -2.41. The lowest BCUT2D eigenvalue weighted by molar-refractivity contribution is -0.139. The molecule has 0 spiro atoms. The van der Waals surface area contributed by atoms with Crippen molar-refractivity contribution in [2.24, 2.45) is 0 Å². The van der Waals surface area contributed by atoms with Crippen LogP contribution in [0.2, 0.25) is 0 Å². The third-order valence-electron chi connectivity index (χ3n) is 2.31. The predicted octanol–water partition coefficient (Wildman–Crippen LogP) is 0.579. The largest absolute Gasteiger partial charge is 0.480 e. The number of carboxylic acids is 1. The quantitative estimate of drug-likeness (QED) is 0.741. The third-order valence-corrected chi connectivity index (χ3v) is 2.31. The van der Waals surface area contributed by atoms with Crippen LogP contribution in [0.5, 0.6) is 0 Å². The number of nitrogens with one attached hydrogen (secondary N) is 1. The first-order chi connectivity index (χ1) is 8.97. The van der Waals surface area contributed by atoms with E-state index in [1.165, 1.54) is 7.11 Å². The molecule has 1 aromatic heterocycles. The van der Waals surface area contributed by atoms with Gasteiger partial charge in [0.25, 0.3) is 5.91 Å². The van der Waals surface area contributed by atoms with Crippen LogP contribution in [0.1, 0.15) is 16.8 Å². The Morgan fingerprint density at radius 1 is 1.53 bits per heavy atom. The molecule has 1 aromatic rings. The number of carbonyl (C=O) groups is 2.